The maximum Gasteiger partial charge on any atom is 0.320 e. The van der Waals surface area contributed by atoms with E-state index < -0.39 is 0 Å². The smallest absolute Gasteiger partial charge is 0.320 e. The molecule has 0 spiro atoms. The summed E-state index contributed by atoms with van der Waals surface area (Å²) in [6.07, 6.45) is 4.16. The Morgan fingerprint density at radius 2 is 2.00 bits per heavy atom. The number of H-pyrrole nitrogens is 1. The molecule has 1 atom stereocenters. The number of anilines is 2. The number of pyridine rings is 1. The third-order valence-corrected chi connectivity index (χ3v) is 4.72. The molecule has 3 N–H and O–H groups in total. The molecule has 1 aromatic carbocycles. The molecule has 3 aromatic rings. The van der Waals surface area contributed by atoms with Gasteiger partial charge in [-0.25, -0.2) is 9.78 Å². The van der Waals surface area contributed by atoms with Gasteiger partial charge in [-0.15, -0.1) is 0 Å². The van der Waals surface area contributed by atoms with Gasteiger partial charge in [-0.2, -0.15) is 5.10 Å². The number of hydrogen-bond donors (Lipinski definition) is 3. The first-order chi connectivity index (χ1) is 12.7. The van der Waals surface area contributed by atoms with Crippen LogP contribution < -0.4 is 15.5 Å². The lowest BCUT2D eigenvalue weighted by molar-refractivity contribution is 0.249. The number of fused-ring (bicyclic) bond motifs is 1. The number of nitrogens with zero attached hydrogens (tertiary/aromatic N) is 3. The number of aromatic nitrogens is 3. The van der Waals surface area contributed by atoms with Crippen LogP contribution in [0, 0.1) is 0 Å². The largest absolute Gasteiger partial charge is 0.355 e. The minimum atomic E-state index is -0.285. The number of carbonyl (C=O) groups excluding carboxylic acids is 1. The molecule has 134 valence electrons. The molecule has 26 heavy (non-hydrogen) atoms. The molecule has 3 heterocycles. The van der Waals surface area contributed by atoms with Gasteiger partial charge in [0, 0.05) is 25.4 Å². The number of aromatic amines is 1. The van der Waals surface area contributed by atoms with Crippen LogP contribution in [0.1, 0.15) is 31.4 Å². The van der Waals surface area contributed by atoms with Gasteiger partial charge in [0.2, 0.25) is 0 Å². The Kier molecular flexibility index (Phi) is 4.43. The van der Waals surface area contributed by atoms with E-state index in [2.05, 4.69) is 30.7 Å². The number of nitrogens with one attached hydrogen (secondary N) is 3. The van der Waals surface area contributed by atoms with Crippen molar-refractivity contribution in [2.75, 3.05) is 23.3 Å². The molecule has 1 fully saturated rings. The third-order valence-electron chi connectivity index (χ3n) is 4.72. The van der Waals surface area contributed by atoms with Gasteiger partial charge in [0.05, 0.1) is 16.9 Å². The van der Waals surface area contributed by atoms with Gasteiger partial charge < -0.3 is 10.2 Å². The monoisotopic (exact) mass is 350 g/mol. The number of amides is 2. The van der Waals surface area contributed by atoms with Crippen molar-refractivity contribution in [1.29, 1.82) is 0 Å². The maximum absolute atomic E-state index is 12.3. The second-order valence-electron chi connectivity index (χ2n) is 6.59. The number of benzene rings is 1. The van der Waals surface area contributed by atoms with E-state index in [1.165, 1.54) is 12.8 Å². The standard InChI is InChI=1S/C19H22N6O/c1-13(14-7-3-2-4-8-14)21-19(26)22-17-11-16-15(12-20-17)18(24-23-16)25-9-5-6-10-25/h2-4,7-8,11-13H,5-6,9-10H2,1H3,(H,23,24)(H2,20,21,22,26)/t13-/m1/s1. The van der Waals surface area contributed by atoms with E-state index in [0.717, 1.165) is 35.4 Å². The van der Waals surface area contributed by atoms with Crippen LogP contribution in [0.5, 0.6) is 0 Å². The molecule has 1 saturated heterocycles. The number of rotatable bonds is 4. The Morgan fingerprint density at radius 3 is 2.77 bits per heavy atom. The first kappa shape index (κ1) is 16.4. The summed E-state index contributed by atoms with van der Waals surface area (Å²) in [5.74, 6) is 1.44. The Morgan fingerprint density at radius 1 is 1.23 bits per heavy atom. The van der Waals surface area contributed by atoms with Crippen LogP contribution in [-0.4, -0.2) is 34.3 Å². The molecule has 0 unspecified atom stereocenters. The Bertz CT molecular complexity index is 901. The topological polar surface area (TPSA) is 85.9 Å². The van der Waals surface area contributed by atoms with Crippen LogP contribution in [0.3, 0.4) is 0 Å². The maximum atomic E-state index is 12.3. The van der Waals surface area contributed by atoms with Gasteiger partial charge in [-0.1, -0.05) is 30.3 Å². The highest BCUT2D eigenvalue weighted by Crippen LogP contribution is 2.27. The zero-order chi connectivity index (χ0) is 17.9. The summed E-state index contributed by atoms with van der Waals surface area (Å²) in [5.41, 5.74) is 1.92. The van der Waals surface area contributed by atoms with Crippen LogP contribution in [0.25, 0.3) is 10.9 Å². The molecule has 0 radical (unpaired) electrons. The van der Waals surface area contributed by atoms with Crippen molar-refractivity contribution >= 4 is 28.6 Å². The normalized spacial score (nSPS) is 15.2. The summed E-state index contributed by atoms with van der Waals surface area (Å²) in [6, 6.07) is 11.3. The predicted molar refractivity (Wildman–Crippen MR) is 102 cm³/mol. The quantitative estimate of drug-likeness (QED) is 0.673. The highest BCUT2D eigenvalue weighted by atomic mass is 16.2. The molecule has 0 aliphatic carbocycles. The lowest BCUT2D eigenvalue weighted by Crippen LogP contribution is -2.31. The van der Waals surface area contributed by atoms with Crippen molar-refractivity contribution in [3.63, 3.8) is 0 Å². The van der Waals surface area contributed by atoms with Crippen LogP contribution >= 0.6 is 0 Å². The van der Waals surface area contributed by atoms with Gasteiger partial charge in [0.1, 0.15) is 5.82 Å². The minimum Gasteiger partial charge on any atom is -0.355 e. The first-order valence-electron chi connectivity index (χ1n) is 8.92. The summed E-state index contributed by atoms with van der Waals surface area (Å²) in [7, 11) is 0. The van der Waals surface area contributed by atoms with E-state index in [1.54, 1.807) is 6.20 Å². The molecule has 0 bridgehead atoms. The first-order valence-corrected chi connectivity index (χ1v) is 8.92. The van der Waals surface area contributed by atoms with Gasteiger partial charge in [0.25, 0.3) is 0 Å². The van der Waals surface area contributed by atoms with E-state index in [4.69, 9.17) is 0 Å². The number of urea groups is 1. The molecule has 2 amide bonds. The minimum absolute atomic E-state index is 0.0890. The number of carbonyl (C=O) groups is 1. The fourth-order valence-electron chi connectivity index (χ4n) is 3.31. The fourth-order valence-corrected chi connectivity index (χ4v) is 3.31. The summed E-state index contributed by atoms with van der Waals surface area (Å²) >= 11 is 0. The van der Waals surface area contributed by atoms with Crippen molar-refractivity contribution in [3.05, 3.63) is 48.2 Å². The molecule has 1 aliphatic rings. The van der Waals surface area contributed by atoms with Crippen LogP contribution in [0.2, 0.25) is 0 Å². The molecular weight excluding hydrogens is 328 g/mol. The lowest BCUT2D eigenvalue weighted by atomic mass is 10.1. The van der Waals surface area contributed by atoms with E-state index in [-0.39, 0.29) is 12.1 Å². The van der Waals surface area contributed by atoms with E-state index >= 15 is 0 Å². The van der Waals surface area contributed by atoms with Gasteiger partial charge >= 0.3 is 6.03 Å². The van der Waals surface area contributed by atoms with Crippen molar-refractivity contribution in [1.82, 2.24) is 20.5 Å². The predicted octanol–water partition coefficient (Wildman–Crippen LogP) is 3.44. The Balaban J connectivity index is 1.44. The third kappa shape index (κ3) is 3.33. The fraction of sp³-hybridized carbons (Fsp3) is 0.316. The molecule has 0 saturated carbocycles. The molecule has 7 nitrogen and oxygen atoms in total. The highest BCUT2D eigenvalue weighted by Gasteiger charge is 2.18. The molecule has 4 rings (SSSR count). The number of hydrogen-bond acceptors (Lipinski definition) is 4. The van der Waals surface area contributed by atoms with Crippen molar-refractivity contribution in [2.45, 2.75) is 25.8 Å². The van der Waals surface area contributed by atoms with E-state index in [9.17, 15) is 4.79 Å². The van der Waals surface area contributed by atoms with Gasteiger partial charge in [-0.3, -0.25) is 10.4 Å². The molecule has 1 aliphatic heterocycles. The summed E-state index contributed by atoms with van der Waals surface area (Å²) in [5, 5.41) is 14.2. The zero-order valence-electron chi connectivity index (χ0n) is 14.7. The zero-order valence-corrected chi connectivity index (χ0v) is 14.7. The summed E-state index contributed by atoms with van der Waals surface area (Å²) in [4.78, 5) is 18.9. The van der Waals surface area contributed by atoms with Crippen LogP contribution in [-0.2, 0) is 0 Å². The SMILES string of the molecule is C[C@@H](NC(=O)Nc1cc2[nH]nc(N3CCCC3)c2cn1)c1ccccc1. The highest BCUT2D eigenvalue weighted by molar-refractivity contribution is 5.94. The Hall–Kier alpha value is -3.09. The molecular formula is C19H22N6O. The lowest BCUT2D eigenvalue weighted by Gasteiger charge is -2.15. The Labute approximate surface area is 151 Å². The second-order valence-corrected chi connectivity index (χ2v) is 6.59. The average molecular weight is 350 g/mol. The van der Waals surface area contributed by atoms with E-state index in [0.29, 0.717) is 5.82 Å². The molecule has 2 aromatic heterocycles. The van der Waals surface area contributed by atoms with Gasteiger partial charge in [-0.05, 0) is 25.3 Å². The average Bonchev–Trinajstić information content (AvgIpc) is 3.31. The molecule has 7 heteroatoms. The van der Waals surface area contributed by atoms with Crippen molar-refractivity contribution in [2.24, 2.45) is 0 Å². The van der Waals surface area contributed by atoms with E-state index in [1.807, 2.05) is 43.3 Å². The summed E-state index contributed by atoms with van der Waals surface area (Å²) < 4.78 is 0. The van der Waals surface area contributed by atoms with Crippen molar-refractivity contribution < 1.29 is 4.79 Å². The summed E-state index contributed by atoms with van der Waals surface area (Å²) in [6.45, 7) is 4.00. The van der Waals surface area contributed by atoms with Gasteiger partial charge in [0.15, 0.2) is 5.82 Å². The van der Waals surface area contributed by atoms with Crippen molar-refractivity contribution in [3.8, 4) is 0 Å². The van der Waals surface area contributed by atoms with Crippen LogP contribution in [0.15, 0.2) is 42.6 Å². The second kappa shape index (κ2) is 7.03. The van der Waals surface area contributed by atoms with Crippen LogP contribution in [0.4, 0.5) is 16.4 Å².